The first-order valence-electron chi connectivity index (χ1n) is 11.5. The minimum absolute atomic E-state index is 0.000852. The molecule has 3 heterocycles. The Hall–Kier alpha value is -1.44. The molecule has 0 aromatic heterocycles. The molecule has 0 unspecified atom stereocenters. The zero-order valence-electron chi connectivity index (χ0n) is 18.0. The van der Waals surface area contributed by atoms with Gasteiger partial charge in [0.25, 0.3) is 0 Å². The second-order valence-electron chi connectivity index (χ2n) is 8.95. The van der Waals surface area contributed by atoms with Gasteiger partial charge in [0.1, 0.15) is 0 Å². The molecule has 0 saturated carbocycles. The number of aryl methyl sites for hydroxylation is 1. The van der Waals surface area contributed by atoms with Crippen LogP contribution >= 0.6 is 0 Å². The molecule has 0 aliphatic carbocycles. The number of hydrogen-bond donors (Lipinski definition) is 0. The summed E-state index contributed by atoms with van der Waals surface area (Å²) < 4.78 is 33.9. The van der Waals surface area contributed by atoms with Crippen molar-refractivity contribution in [2.75, 3.05) is 32.8 Å². The van der Waals surface area contributed by atoms with E-state index in [0.29, 0.717) is 37.2 Å². The smallest absolute Gasteiger partial charge is 0.243 e. The zero-order chi connectivity index (χ0) is 21.2. The van der Waals surface area contributed by atoms with Gasteiger partial charge in [-0.25, -0.2) is 8.42 Å². The van der Waals surface area contributed by atoms with Crippen molar-refractivity contribution in [1.82, 2.24) is 9.21 Å². The van der Waals surface area contributed by atoms with Gasteiger partial charge < -0.3 is 9.64 Å². The summed E-state index contributed by atoms with van der Waals surface area (Å²) in [5, 5.41) is 0. The molecule has 3 aliphatic rings. The van der Waals surface area contributed by atoms with Gasteiger partial charge >= 0.3 is 0 Å². The minimum Gasteiger partial charge on any atom is -0.375 e. The van der Waals surface area contributed by atoms with Crippen LogP contribution in [0.2, 0.25) is 0 Å². The third-order valence-corrected chi connectivity index (χ3v) is 9.19. The van der Waals surface area contributed by atoms with E-state index in [1.807, 2.05) is 24.0 Å². The van der Waals surface area contributed by atoms with E-state index in [2.05, 4.69) is 0 Å². The molecule has 1 aromatic rings. The molecule has 0 atom stereocenters. The van der Waals surface area contributed by atoms with Gasteiger partial charge in [-0.05, 0) is 63.0 Å². The lowest BCUT2D eigenvalue weighted by Gasteiger charge is -2.45. The summed E-state index contributed by atoms with van der Waals surface area (Å²) in [4.78, 5) is 15.5. The normalized spacial score (nSPS) is 23.6. The maximum absolute atomic E-state index is 13.1. The number of carbonyl (C=O) groups excluding carboxylic acids is 1. The van der Waals surface area contributed by atoms with E-state index in [1.165, 1.54) is 6.42 Å². The zero-order valence-corrected chi connectivity index (χ0v) is 18.8. The highest BCUT2D eigenvalue weighted by atomic mass is 32.2. The molecule has 4 rings (SSSR count). The van der Waals surface area contributed by atoms with E-state index >= 15 is 0 Å². The van der Waals surface area contributed by atoms with Crippen LogP contribution in [0.5, 0.6) is 0 Å². The lowest BCUT2D eigenvalue weighted by Crippen LogP contribution is -2.51. The molecule has 1 amide bonds. The number of rotatable bonds is 4. The van der Waals surface area contributed by atoms with E-state index in [1.54, 1.807) is 16.4 Å². The Balaban J connectivity index is 1.34. The van der Waals surface area contributed by atoms with Crippen LogP contribution in [0, 0.1) is 5.92 Å². The average Bonchev–Trinajstić information content (AvgIpc) is 2.80. The highest BCUT2D eigenvalue weighted by Crippen LogP contribution is 2.36. The maximum Gasteiger partial charge on any atom is 0.243 e. The summed E-state index contributed by atoms with van der Waals surface area (Å²) in [6, 6.07) is 7.23. The summed E-state index contributed by atoms with van der Waals surface area (Å²) in [5.74, 6) is 0.130. The molecule has 3 saturated heterocycles. The van der Waals surface area contributed by atoms with Crippen molar-refractivity contribution >= 4 is 15.9 Å². The van der Waals surface area contributed by atoms with Crippen LogP contribution in [0.1, 0.15) is 57.4 Å². The Bertz CT molecular complexity index is 846. The first-order chi connectivity index (χ1) is 14.5. The number of benzene rings is 1. The maximum atomic E-state index is 13.1. The number of carbonyl (C=O) groups is 1. The number of nitrogens with zero attached hydrogens (tertiary/aromatic N) is 2. The van der Waals surface area contributed by atoms with Crippen molar-refractivity contribution in [3.8, 4) is 0 Å². The molecule has 166 valence electrons. The van der Waals surface area contributed by atoms with Crippen LogP contribution in [0.15, 0.2) is 29.2 Å². The van der Waals surface area contributed by atoms with Gasteiger partial charge in [-0.1, -0.05) is 25.1 Å². The van der Waals surface area contributed by atoms with E-state index in [9.17, 15) is 13.2 Å². The van der Waals surface area contributed by atoms with Crippen LogP contribution in [0.4, 0.5) is 0 Å². The number of piperidine rings is 2. The Morgan fingerprint density at radius 2 is 1.77 bits per heavy atom. The fourth-order valence-corrected chi connectivity index (χ4v) is 6.99. The fraction of sp³-hybridized carbons (Fsp3) is 0.696. The van der Waals surface area contributed by atoms with E-state index in [-0.39, 0.29) is 17.4 Å². The predicted molar refractivity (Wildman–Crippen MR) is 116 cm³/mol. The standard InChI is InChI=1S/C23H34N2O4S/c1-2-19-7-3-4-8-21(19)30(27,28)25-14-9-20(10-15-25)22(26)24-16-12-23(13-17-24)11-5-6-18-29-23/h3-4,7-8,20H,2,5-6,9-18H2,1H3. The minimum atomic E-state index is -3.51. The molecule has 30 heavy (non-hydrogen) atoms. The predicted octanol–water partition coefficient (Wildman–Crippen LogP) is 3.21. The van der Waals surface area contributed by atoms with E-state index in [0.717, 1.165) is 50.9 Å². The SMILES string of the molecule is CCc1ccccc1S(=O)(=O)N1CCC(C(=O)N2CCC3(CCCCO3)CC2)CC1. The van der Waals surface area contributed by atoms with Crippen molar-refractivity contribution in [2.45, 2.75) is 68.8 Å². The molecular weight excluding hydrogens is 400 g/mol. The molecular formula is C23H34N2O4S. The molecule has 0 radical (unpaired) electrons. The number of hydrogen-bond acceptors (Lipinski definition) is 4. The van der Waals surface area contributed by atoms with Gasteiger partial charge in [0, 0.05) is 38.7 Å². The van der Waals surface area contributed by atoms with Gasteiger partial charge in [0.2, 0.25) is 15.9 Å². The molecule has 7 heteroatoms. The summed E-state index contributed by atoms with van der Waals surface area (Å²) >= 11 is 0. The Labute approximate surface area is 180 Å². The molecule has 1 spiro atoms. The van der Waals surface area contributed by atoms with Gasteiger partial charge in [0.05, 0.1) is 10.5 Å². The number of amides is 1. The third kappa shape index (κ3) is 4.30. The lowest BCUT2D eigenvalue weighted by atomic mass is 9.84. The van der Waals surface area contributed by atoms with Crippen LogP contribution < -0.4 is 0 Å². The summed E-state index contributed by atoms with van der Waals surface area (Å²) in [7, 11) is -3.51. The van der Waals surface area contributed by atoms with Gasteiger partial charge in [-0.3, -0.25) is 4.79 Å². The molecule has 1 aromatic carbocycles. The summed E-state index contributed by atoms with van der Waals surface area (Å²) in [6.45, 7) is 5.18. The van der Waals surface area contributed by atoms with Gasteiger partial charge in [-0.15, -0.1) is 0 Å². The highest BCUT2D eigenvalue weighted by Gasteiger charge is 2.40. The first-order valence-corrected chi connectivity index (χ1v) is 12.9. The quantitative estimate of drug-likeness (QED) is 0.730. The molecule has 0 bridgehead atoms. The molecule has 6 nitrogen and oxygen atoms in total. The molecule has 3 fully saturated rings. The average molecular weight is 435 g/mol. The second kappa shape index (κ2) is 8.97. The van der Waals surface area contributed by atoms with Crippen molar-refractivity contribution in [1.29, 1.82) is 0 Å². The lowest BCUT2D eigenvalue weighted by molar-refractivity contribution is -0.147. The molecule has 3 aliphatic heterocycles. The summed E-state index contributed by atoms with van der Waals surface area (Å²) in [6.07, 6.45) is 7.24. The second-order valence-corrected chi connectivity index (χ2v) is 10.9. The van der Waals surface area contributed by atoms with Crippen LogP contribution in [0.25, 0.3) is 0 Å². The van der Waals surface area contributed by atoms with Crippen LogP contribution in [-0.4, -0.2) is 61.9 Å². The third-order valence-electron chi connectivity index (χ3n) is 7.20. The number of ether oxygens (including phenoxy) is 1. The highest BCUT2D eigenvalue weighted by molar-refractivity contribution is 7.89. The van der Waals surface area contributed by atoms with Crippen LogP contribution in [-0.2, 0) is 26.0 Å². The largest absolute Gasteiger partial charge is 0.375 e. The van der Waals surface area contributed by atoms with Crippen LogP contribution in [0.3, 0.4) is 0 Å². The Morgan fingerprint density at radius 3 is 2.40 bits per heavy atom. The Kier molecular flexibility index (Phi) is 6.51. The van der Waals surface area contributed by atoms with Crippen molar-refractivity contribution < 1.29 is 17.9 Å². The first kappa shape index (κ1) is 21.8. The van der Waals surface area contributed by atoms with Crippen molar-refractivity contribution in [3.05, 3.63) is 29.8 Å². The monoisotopic (exact) mass is 434 g/mol. The van der Waals surface area contributed by atoms with Gasteiger partial charge in [-0.2, -0.15) is 4.31 Å². The van der Waals surface area contributed by atoms with Gasteiger partial charge in [0.15, 0.2) is 0 Å². The van der Waals surface area contributed by atoms with E-state index in [4.69, 9.17) is 4.74 Å². The number of sulfonamides is 1. The topological polar surface area (TPSA) is 66.9 Å². The van der Waals surface area contributed by atoms with E-state index < -0.39 is 10.0 Å². The number of likely N-dealkylation sites (tertiary alicyclic amines) is 1. The van der Waals surface area contributed by atoms with Crippen molar-refractivity contribution in [3.63, 3.8) is 0 Å². The summed E-state index contributed by atoms with van der Waals surface area (Å²) in [5.41, 5.74) is 0.849. The Morgan fingerprint density at radius 1 is 1.07 bits per heavy atom. The molecule has 0 N–H and O–H groups in total. The fourth-order valence-electron chi connectivity index (χ4n) is 5.23. The van der Waals surface area contributed by atoms with Crippen molar-refractivity contribution in [2.24, 2.45) is 5.92 Å².